The molecule has 1 aromatic heterocycles. The van der Waals surface area contributed by atoms with E-state index >= 15 is 0 Å². The lowest BCUT2D eigenvalue weighted by atomic mass is 10.2. The highest BCUT2D eigenvalue weighted by Crippen LogP contribution is 2.26. The predicted molar refractivity (Wildman–Crippen MR) is 83.9 cm³/mol. The summed E-state index contributed by atoms with van der Waals surface area (Å²) in [5, 5.41) is 3.10. The Morgan fingerprint density at radius 1 is 1.48 bits per heavy atom. The van der Waals surface area contributed by atoms with Crippen LogP contribution in [0.5, 0.6) is 0 Å². The van der Waals surface area contributed by atoms with Gasteiger partial charge in [-0.15, -0.1) is 0 Å². The Balaban J connectivity index is 2.24. The van der Waals surface area contributed by atoms with Crippen LogP contribution in [0.4, 0.5) is 5.82 Å². The van der Waals surface area contributed by atoms with E-state index in [9.17, 15) is 8.42 Å². The minimum atomic E-state index is -3.48. The van der Waals surface area contributed by atoms with Gasteiger partial charge >= 0.3 is 0 Å². The van der Waals surface area contributed by atoms with E-state index in [2.05, 4.69) is 15.2 Å². The molecule has 0 spiro atoms. The molecular formula is C14H24N4O2S. The molecular weight excluding hydrogens is 288 g/mol. The van der Waals surface area contributed by atoms with Crippen LogP contribution in [0.25, 0.3) is 0 Å². The van der Waals surface area contributed by atoms with E-state index < -0.39 is 10.0 Å². The normalized spacial score (nSPS) is 20.1. The Labute approximate surface area is 127 Å². The fourth-order valence-corrected chi connectivity index (χ4v) is 4.08. The molecule has 0 bridgehead atoms. The molecule has 118 valence electrons. The van der Waals surface area contributed by atoms with Gasteiger partial charge < -0.3 is 10.2 Å². The van der Waals surface area contributed by atoms with Crippen molar-refractivity contribution in [3.8, 4) is 0 Å². The number of hydrogen-bond donors (Lipinski definition) is 1. The molecule has 0 aliphatic carbocycles. The molecule has 6 nitrogen and oxygen atoms in total. The molecule has 0 saturated carbocycles. The van der Waals surface area contributed by atoms with Crippen LogP contribution in [0.3, 0.4) is 0 Å². The Hall–Kier alpha value is -1.18. The van der Waals surface area contributed by atoms with Gasteiger partial charge in [0.1, 0.15) is 10.7 Å². The fourth-order valence-electron chi connectivity index (χ4n) is 2.46. The summed E-state index contributed by atoms with van der Waals surface area (Å²) in [5.41, 5.74) is 0. The third kappa shape index (κ3) is 3.53. The molecule has 2 rings (SSSR count). The monoisotopic (exact) mass is 312 g/mol. The van der Waals surface area contributed by atoms with Crippen molar-refractivity contribution in [2.75, 3.05) is 39.0 Å². The summed E-state index contributed by atoms with van der Waals surface area (Å²) in [7, 11) is 0.486. The first kappa shape index (κ1) is 16.2. The first-order valence-corrected chi connectivity index (χ1v) is 8.76. The number of anilines is 1. The van der Waals surface area contributed by atoms with Crippen LogP contribution in [0.15, 0.2) is 23.2 Å². The lowest BCUT2D eigenvalue weighted by Gasteiger charge is -2.21. The van der Waals surface area contributed by atoms with Gasteiger partial charge in [0.15, 0.2) is 0 Å². The first-order chi connectivity index (χ1) is 9.96. The van der Waals surface area contributed by atoms with E-state index in [1.54, 1.807) is 22.6 Å². The zero-order chi connectivity index (χ0) is 15.5. The van der Waals surface area contributed by atoms with Crippen LogP contribution < -0.4 is 5.32 Å². The molecule has 0 aromatic carbocycles. The number of sulfonamides is 1. The van der Waals surface area contributed by atoms with Gasteiger partial charge in [0.05, 0.1) is 0 Å². The van der Waals surface area contributed by atoms with Crippen LogP contribution in [0, 0.1) is 0 Å². The van der Waals surface area contributed by atoms with Gasteiger partial charge in [-0.1, -0.05) is 6.92 Å². The maximum Gasteiger partial charge on any atom is 0.246 e. The lowest BCUT2D eigenvalue weighted by molar-refractivity contribution is 0.302. The highest BCUT2D eigenvalue weighted by Gasteiger charge is 2.34. The molecule has 1 saturated heterocycles. The first-order valence-electron chi connectivity index (χ1n) is 7.32. The van der Waals surface area contributed by atoms with Crippen LogP contribution in [-0.4, -0.2) is 62.4 Å². The molecule has 2 heterocycles. The summed E-state index contributed by atoms with van der Waals surface area (Å²) in [4.78, 5) is 6.53. The minimum absolute atomic E-state index is 0.276. The number of rotatable bonds is 6. The number of pyridine rings is 1. The third-order valence-corrected chi connectivity index (χ3v) is 5.68. The minimum Gasteiger partial charge on any atom is -0.369 e. The second-order valence-electron chi connectivity index (χ2n) is 5.55. The van der Waals surface area contributed by atoms with Crippen molar-refractivity contribution in [1.29, 1.82) is 0 Å². The molecule has 1 aromatic rings. The molecule has 1 atom stereocenters. The standard InChI is InChI=1S/C14H24N4O2S/c1-4-8-15-14-13(6-5-9-16-14)21(19,20)18-10-7-12(11-18)17(2)3/h5-6,9,12H,4,7-8,10-11H2,1-3H3,(H,15,16). The molecule has 21 heavy (non-hydrogen) atoms. The summed E-state index contributed by atoms with van der Waals surface area (Å²) in [5.74, 6) is 0.452. The number of aromatic nitrogens is 1. The van der Waals surface area contributed by atoms with Gasteiger partial charge in [0.2, 0.25) is 10.0 Å². The average molecular weight is 312 g/mol. The zero-order valence-electron chi connectivity index (χ0n) is 12.9. The zero-order valence-corrected chi connectivity index (χ0v) is 13.7. The molecule has 1 unspecified atom stereocenters. The summed E-state index contributed by atoms with van der Waals surface area (Å²) >= 11 is 0. The highest BCUT2D eigenvalue weighted by atomic mass is 32.2. The summed E-state index contributed by atoms with van der Waals surface area (Å²) in [6, 6.07) is 3.58. The lowest BCUT2D eigenvalue weighted by Crippen LogP contribution is -2.34. The van der Waals surface area contributed by atoms with Gasteiger partial charge in [-0.25, -0.2) is 13.4 Å². The van der Waals surface area contributed by atoms with Crippen molar-refractivity contribution in [2.45, 2.75) is 30.7 Å². The largest absolute Gasteiger partial charge is 0.369 e. The van der Waals surface area contributed by atoms with E-state index in [-0.39, 0.29) is 10.9 Å². The van der Waals surface area contributed by atoms with Crippen molar-refractivity contribution in [1.82, 2.24) is 14.2 Å². The SMILES string of the molecule is CCCNc1ncccc1S(=O)(=O)N1CCC(N(C)C)C1. The van der Waals surface area contributed by atoms with Crippen molar-refractivity contribution in [3.05, 3.63) is 18.3 Å². The van der Waals surface area contributed by atoms with E-state index in [1.165, 1.54) is 0 Å². The van der Waals surface area contributed by atoms with Gasteiger partial charge in [-0.05, 0) is 39.1 Å². The Morgan fingerprint density at radius 3 is 2.86 bits per heavy atom. The molecule has 7 heteroatoms. The molecule has 1 aliphatic heterocycles. The van der Waals surface area contributed by atoms with Gasteiger partial charge in [0.25, 0.3) is 0 Å². The molecule has 0 radical (unpaired) electrons. The molecule has 1 N–H and O–H groups in total. The highest BCUT2D eigenvalue weighted by molar-refractivity contribution is 7.89. The Morgan fingerprint density at radius 2 is 2.24 bits per heavy atom. The topological polar surface area (TPSA) is 65.5 Å². The van der Waals surface area contributed by atoms with Gasteiger partial charge in [0, 0.05) is 31.9 Å². The molecule has 1 aliphatic rings. The number of hydrogen-bond acceptors (Lipinski definition) is 5. The summed E-state index contributed by atoms with van der Waals surface area (Å²) in [6.45, 7) is 3.84. The van der Waals surface area contributed by atoms with Crippen LogP contribution >= 0.6 is 0 Å². The van der Waals surface area contributed by atoms with Gasteiger partial charge in [-0.2, -0.15) is 4.31 Å². The Kier molecular flexibility index (Phi) is 5.18. The van der Waals surface area contributed by atoms with Crippen LogP contribution in [0.2, 0.25) is 0 Å². The van der Waals surface area contributed by atoms with Crippen molar-refractivity contribution < 1.29 is 8.42 Å². The van der Waals surface area contributed by atoms with E-state index in [1.807, 2.05) is 21.0 Å². The molecule has 1 fully saturated rings. The predicted octanol–water partition coefficient (Wildman–Crippen LogP) is 1.23. The number of nitrogens with zero attached hydrogens (tertiary/aromatic N) is 3. The average Bonchev–Trinajstić information content (AvgIpc) is 2.96. The van der Waals surface area contributed by atoms with E-state index in [0.717, 1.165) is 12.8 Å². The smallest absolute Gasteiger partial charge is 0.246 e. The van der Waals surface area contributed by atoms with Gasteiger partial charge in [-0.3, -0.25) is 0 Å². The second kappa shape index (κ2) is 6.72. The maximum absolute atomic E-state index is 12.8. The number of likely N-dealkylation sites (N-methyl/N-ethyl adjacent to an activating group) is 1. The second-order valence-corrected chi connectivity index (χ2v) is 7.45. The van der Waals surface area contributed by atoms with Crippen molar-refractivity contribution >= 4 is 15.8 Å². The quantitative estimate of drug-likeness (QED) is 0.856. The van der Waals surface area contributed by atoms with Crippen molar-refractivity contribution in [2.24, 2.45) is 0 Å². The van der Waals surface area contributed by atoms with Crippen molar-refractivity contribution in [3.63, 3.8) is 0 Å². The Bertz CT molecular complexity index is 574. The van der Waals surface area contributed by atoms with E-state index in [4.69, 9.17) is 0 Å². The third-order valence-electron chi connectivity index (χ3n) is 3.79. The summed E-state index contributed by atoms with van der Waals surface area (Å²) in [6.07, 6.45) is 3.40. The number of nitrogens with one attached hydrogen (secondary N) is 1. The summed E-state index contributed by atoms with van der Waals surface area (Å²) < 4.78 is 27.2. The maximum atomic E-state index is 12.8. The van der Waals surface area contributed by atoms with Crippen LogP contribution in [-0.2, 0) is 10.0 Å². The van der Waals surface area contributed by atoms with Crippen LogP contribution in [0.1, 0.15) is 19.8 Å². The molecule has 0 amide bonds. The van der Waals surface area contributed by atoms with E-state index in [0.29, 0.717) is 25.5 Å². The fraction of sp³-hybridized carbons (Fsp3) is 0.643.